The van der Waals surface area contributed by atoms with Gasteiger partial charge in [-0.05, 0) is 6.42 Å². The molecule has 0 bridgehead atoms. The Morgan fingerprint density at radius 3 is 1.64 bits per heavy atom. The van der Waals surface area contributed by atoms with Crippen molar-refractivity contribution in [3.8, 4) is 0 Å². The van der Waals surface area contributed by atoms with E-state index in [2.05, 4.69) is 9.98 Å². The summed E-state index contributed by atoms with van der Waals surface area (Å²) < 4.78 is 0. The standard InChI is InChI=1S/C7H16N4S2.BrH/c1-10-6(8)12-4-3-5-13-7(9)11-2;/h3-5H2,1-2H3,(H2,8,10)(H2,9,11);1H. The van der Waals surface area contributed by atoms with Gasteiger partial charge in [-0.3, -0.25) is 9.98 Å². The number of hydrogen-bond donors (Lipinski definition) is 2. The van der Waals surface area contributed by atoms with E-state index in [1.807, 2.05) is 0 Å². The second-order valence-corrected chi connectivity index (χ2v) is 4.40. The van der Waals surface area contributed by atoms with Crippen LogP contribution in [0.5, 0.6) is 0 Å². The molecule has 0 aromatic heterocycles. The third kappa shape index (κ3) is 10.2. The molecule has 0 radical (unpaired) electrons. The summed E-state index contributed by atoms with van der Waals surface area (Å²) in [6, 6.07) is 0. The van der Waals surface area contributed by atoms with Crippen molar-refractivity contribution in [1.82, 2.24) is 0 Å². The fourth-order valence-corrected chi connectivity index (χ4v) is 1.98. The van der Waals surface area contributed by atoms with Crippen molar-refractivity contribution in [3.63, 3.8) is 0 Å². The van der Waals surface area contributed by atoms with Crippen molar-refractivity contribution < 1.29 is 0 Å². The zero-order valence-corrected chi connectivity index (χ0v) is 11.7. The summed E-state index contributed by atoms with van der Waals surface area (Å²) in [4.78, 5) is 7.68. The summed E-state index contributed by atoms with van der Waals surface area (Å²) >= 11 is 3.14. The minimum absolute atomic E-state index is 0. The summed E-state index contributed by atoms with van der Waals surface area (Å²) in [6.07, 6.45) is 1.06. The molecule has 4 N–H and O–H groups in total. The lowest BCUT2D eigenvalue weighted by Crippen LogP contribution is -2.08. The van der Waals surface area contributed by atoms with Crippen LogP contribution in [-0.2, 0) is 0 Å². The minimum atomic E-state index is 0. The molecule has 0 unspecified atom stereocenters. The highest BCUT2D eigenvalue weighted by Crippen LogP contribution is 2.07. The van der Waals surface area contributed by atoms with Crippen LogP contribution in [0.4, 0.5) is 0 Å². The number of nitrogens with two attached hydrogens (primary N) is 2. The van der Waals surface area contributed by atoms with Crippen molar-refractivity contribution in [3.05, 3.63) is 0 Å². The molecule has 0 heterocycles. The van der Waals surface area contributed by atoms with E-state index in [0.29, 0.717) is 10.3 Å². The third-order valence-electron chi connectivity index (χ3n) is 1.23. The minimum Gasteiger partial charge on any atom is -0.379 e. The van der Waals surface area contributed by atoms with Gasteiger partial charge in [0, 0.05) is 25.6 Å². The van der Waals surface area contributed by atoms with Crippen LogP contribution in [0.1, 0.15) is 6.42 Å². The molecule has 0 amide bonds. The van der Waals surface area contributed by atoms with Crippen molar-refractivity contribution in [2.45, 2.75) is 6.42 Å². The van der Waals surface area contributed by atoms with Crippen LogP contribution in [-0.4, -0.2) is 35.9 Å². The molecule has 0 atom stereocenters. The third-order valence-corrected chi connectivity index (χ3v) is 3.17. The largest absolute Gasteiger partial charge is 0.379 e. The van der Waals surface area contributed by atoms with Crippen LogP contribution < -0.4 is 11.5 Å². The summed E-state index contributed by atoms with van der Waals surface area (Å²) in [5, 5.41) is 1.28. The predicted molar refractivity (Wildman–Crippen MR) is 74.9 cm³/mol. The maximum absolute atomic E-state index is 5.50. The Bertz CT molecular complexity index is 176. The van der Waals surface area contributed by atoms with E-state index in [0.717, 1.165) is 17.9 Å². The van der Waals surface area contributed by atoms with Gasteiger partial charge in [0.25, 0.3) is 0 Å². The van der Waals surface area contributed by atoms with Crippen LogP contribution in [0, 0.1) is 0 Å². The molecule has 0 fully saturated rings. The van der Waals surface area contributed by atoms with E-state index in [1.165, 1.54) is 0 Å². The molecule has 0 saturated heterocycles. The fraction of sp³-hybridized carbons (Fsp3) is 0.714. The number of aliphatic imine (C=N–C) groups is 2. The Morgan fingerprint density at radius 1 is 1.00 bits per heavy atom. The average Bonchev–Trinajstić information content (AvgIpc) is 2.16. The van der Waals surface area contributed by atoms with E-state index in [1.54, 1.807) is 37.6 Å². The first-order valence-electron chi connectivity index (χ1n) is 3.90. The molecule has 0 aliphatic carbocycles. The highest BCUT2D eigenvalue weighted by Gasteiger charge is 1.95. The topological polar surface area (TPSA) is 76.8 Å². The molecule has 84 valence electrons. The highest BCUT2D eigenvalue weighted by atomic mass is 79.9. The first kappa shape index (κ1) is 16.5. The Hall–Kier alpha value is 0.120. The number of hydrogen-bond acceptors (Lipinski definition) is 4. The number of rotatable bonds is 4. The zero-order valence-electron chi connectivity index (χ0n) is 8.40. The van der Waals surface area contributed by atoms with Gasteiger partial charge in [0.15, 0.2) is 10.3 Å². The molecular weight excluding hydrogens is 284 g/mol. The van der Waals surface area contributed by atoms with Gasteiger partial charge in [-0.15, -0.1) is 17.0 Å². The quantitative estimate of drug-likeness (QED) is 0.466. The van der Waals surface area contributed by atoms with Crippen molar-refractivity contribution in [2.75, 3.05) is 25.6 Å². The van der Waals surface area contributed by atoms with Gasteiger partial charge in [-0.1, -0.05) is 23.5 Å². The molecule has 0 aliphatic rings. The molecular formula is C7H17BrN4S2. The highest BCUT2D eigenvalue weighted by molar-refractivity contribution is 8.93. The van der Waals surface area contributed by atoms with E-state index in [-0.39, 0.29) is 17.0 Å². The van der Waals surface area contributed by atoms with Crippen molar-refractivity contribution >= 4 is 50.8 Å². The van der Waals surface area contributed by atoms with Gasteiger partial charge in [-0.25, -0.2) is 0 Å². The molecule has 7 heteroatoms. The summed E-state index contributed by atoms with van der Waals surface area (Å²) in [5.74, 6) is 1.96. The van der Waals surface area contributed by atoms with E-state index in [9.17, 15) is 0 Å². The number of halogens is 1. The molecule has 0 spiro atoms. The Kier molecular flexibility index (Phi) is 13.2. The molecule has 0 aromatic rings. The van der Waals surface area contributed by atoms with Crippen molar-refractivity contribution in [1.29, 1.82) is 0 Å². The Labute approximate surface area is 104 Å². The normalized spacial score (nSPS) is 12.4. The molecule has 4 nitrogen and oxygen atoms in total. The first-order chi connectivity index (χ1) is 6.20. The van der Waals surface area contributed by atoms with Crippen LogP contribution in [0.15, 0.2) is 9.98 Å². The molecule has 0 aromatic carbocycles. The van der Waals surface area contributed by atoms with Gasteiger partial charge in [0.2, 0.25) is 0 Å². The van der Waals surface area contributed by atoms with Crippen LogP contribution in [0.3, 0.4) is 0 Å². The summed E-state index contributed by atoms with van der Waals surface area (Å²) in [6.45, 7) is 0. The Balaban J connectivity index is 0. The maximum Gasteiger partial charge on any atom is 0.153 e. The lowest BCUT2D eigenvalue weighted by Gasteiger charge is -2.00. The molecule has 0 saturated carbocycles. The zero-order chi connectivity index (χ0) is 10.1. The van der Waals surface area contributed by atoms with Crippen LogP contribution >= 0.6 is 40.5 Å². The lowest BCUT2D eigenvalue weighted by atomic mass is 10.6. The van der Waals surface area contributed by atoms with Gasteiger partial charge in [-0.2, -0.15) is 0 Å². The number of thioether (sulfide) groups is 2. The number of nitrogens with zero attached hydrogens (tertiary/aromatic N) is 2. The molecule has 0 aliphatic heterocycles. The maximum atomic E-state index is 5.50. The van der Waals surface area contributed by atoms with Crippen molar-refractivity contribution in [2.24, 2.45) is 21.5 Å². The summed E-state index contributed by atoms with van der Waals surface area (Å²) in [7, 11) is 3.39. The predicted octanol–water partition coefficient (Wildman–Crippen LogP) is 1.31. The summed E-state index contributed by atoms with van der Waals surface area (Å²) in [5.41, 5.74) is 11.0. The van der Waals surface area contributed by atoms with Gasteiger partial charge >= 0.3 is 0 Å². The Morgan fingerprint density at radius 2 is 1.36 bits per heavy atom. The van der Waals surface area contributed by atoms with Gasteiger partial charge in [0.05, 0.1) is 0 Å². The molecule has 0 rings (SSSR count). The lowest BCUT2D eigenvalue weighted by molar-refractivity contribution is 1.13. The monoisotopic (exact) mass is 300 g/mol. The van der Waals surface area contributed by atoms with Gasteiger partial charge < -0.3 is 11.5 Å². The number of amidine groups is 2. The van der Waals surface area contributed by atoms with Crippen LogP contribution in [0.2, 0.25) is 0 Å². The SMILES string of the molecule is Br.CN=C(N)SCCCSC(N)=NC. The van der Waals surface area contributed by atoms with Gasteiger partial charge in [0.1, 0.15) is 0 Å². The second kappa shape index (κ2) is 11.2. The van der Waals surface area contributed by atoms with E-state index in [4.69, 9.17) is 11.5 Å². The van der Waals surface area contributed by atoms with Crippen LogP contribution in [0.25, 0.3) is 0 Å². The second-order valence-electron chi connectivity index (χ2n) is 2.17. The smallest absolute Gasteiger partial charge is 0.153 e. The first-order valence-corrected chi connectivity index (χ1v) is 5.88. The van der Waals surface area contributed by atoms with E-state index < -0.39 is 0 Å². The fourth-order valence-electron chi connectivity index (χ4n) is 0.542. The molecule has 14 heavy (non-hydrogen) atoms. The van der Waals surface area contributed by atoms with E-state index >= 15 is 0 Å². The average molecular weight is 301 g/mol.